The van der Waals surface area contributed by atoms with Crippen LogP contribution in [0.1, 0.15) is 30.7 Å². The lowest BCUT2D eigenvalue weighted by Crippen LogP contribution is -2.42. The molecule has 2 heterocycles. The van der Waals surface area contributed by atoms with E-state index in [1.807, 2.05) is 31.2 Å². The number of nitro groups is 1. The van der Waals surface area contributed by atoms with E-state index in [1.165, 1.54) is 19.1 Å². The normalized spacial score (nSPS) is 15.7. The third kappa shape index (κ3) is 4.57. The number of rotatable bonds is 7. The van der Waals surface area contributed by atoms with Crippen molar-refractivity contribution in [3.05, 3.63) is 80.4 Å². The highest BCUT2D eigenvalue weighted by atomic mass is 32.2. The van der Waals surface area contributed by atoms with Gasteiger partial charge in [0.15, 0.2) is 0 Å². The van der Waals surface area contributed by atoms with E-state index in [-0.39, 0.29) is 17.2 Å². The fourth-order valence-electron chi connectivity index (χ4n) is 4.06. The molecular weight excluding hydrogens is 470 g/mol. The lowest BCUT2D eigenvalue weighted by atomic mass is 10.1. The van der Waals surface area contributed by atoms with Crippen molar-refractivity contribution in [1.82, 2.24) is 9.47 Å². The summed E-state index contributed by atoms with van der Waals surface area (Å²) in [5.74, 6) is -1.17. The van der Waals surface area contributed by atoms with Crippen LogP contribution in [0.3, 0.4) is 0 Å². The second-order valence-corrected chi connectivity index (χ2v) is 9.00. The zero-order chi connectivity index (χ0) is 25.3. The van der Waals surface area contributed by atoms with Crippen molar-refractivity contribution >= 4 is 51.5 Å². The summed E-state index contributed by atoms with van der Waals surface area (Å²) >= 11 is 0.793. The van der Waals surface area contributed by atoms with Gasteiger partial charge in [-0.05, 0) is 50.2 Å². The first-order valence-electron chi connectivity index (χ1n) is 11.0. The van der Waals surface area contributed by atoms with Crippen molar-refractivity contribution in [2.45, 2.75) is 33.4 Å². The first-order chi connectivity index (χ1) is 16.7. The summed E-state index contributed by atoms with van der Waals surface area (Å²) in [6.07, 6.45) is 1.69. The highest BCUT2D eigenvalue weighted by Gasteiger charge is 2.41. The van der Waals surface area contributed by atoms with Crippen molar-refractivity contribution in [2.24, 2.45) is 0 Å². The smallest absolute Gasteiger partial charge is 0.329 e. The average molecular weight is 494 g/mol. The van der Waals surface area contributed by atoms with Crippen molar-refractivity contribution < 1.29 is 24.0 Å². The maximum atomic E-state index is 13.0. The third-order valence-electron chi connectivity index (χ3n) is 5.88. The van der Waals surface area contributed by atoms with Gasteiger partial charge >= 0.3 is 5.97 Å². The minimum atomic E-state index is -1.02. The van der Waals surface area contributed by atoms with Gasteiger partial charge in [0, 0.05) is 40.8 Å². The molecule has 1 aliphatic rings. The van der Waals surface area contributed by atoms with Crippen LogP contribution in [0, 0.1) is 17.0 Å². The van der Waals surface area contributed by atoms with Crippen molar-refractivity contribution in [1.29, 1.82) is 0 Å². The molecule has 0 unspecified atom stereocenters. The number of carbonyl (C=O) groups is 3. The van der Waals surface area contributed by atoms with Gasteiger partial charge in [-0.3, -0.25) is 24.6 Å². The first-order valence-corrected chi connectivity index (χ1v) is 11.8. The molecule has 0 N–H and O–H groups in total. The molecule has 4 rings (SSSR count). The van der Waals surface area contributed by atoms with Gasteiger partial charge in [-0.2, -0.15) is 0 Å². The fraction of sp³-hybridized carbons (Fsp3) is 0.240. The number of hydrogen-bond donors (Lipinski definition) is 0. The van der Waals surface area contributed by atoms with E-state index in [9.17, 15) is 24.5 Å². The number of amides is 2. The Morgan fingerprint density at radius 3 is 2.51 bits per heavy atom. The topological polar surface area (TPSA) is 112 Å². The van der Waals surface area contributed by atoms with E-state index >= 15 is 0 Å². The number of carbonyl (C=O) groups excluding carboxylic acids is 3. The number of esters is 1. The molecule has 2 amide bonds. The number of imide groups is 1. The van der Waals surface area contributed by atoms with Crippen LogP contribution in [0.5, 0.6) is 0 Å². The second-order valence-electron chi connectivity index (χ2n) is 8.01. The molecule has 0 spiro atoms. The minimum absolute atomic E-state index is 0.0243. The summed E-state index contributed by atoms with van der Waals surface area (Å²) < 4.78 is 7.03. The van der Waals surface area contributed by atoms with Gasteiger partial charge < -0.3 is 9.30 Å². The number of hydrogen-bond acceptors (Lipinski definition) is 7. The van der Waals surface area contributed by atoms with E-state index < -0.39 is 28.1 Å². The summed E-state index contributed by atoms with van der Waals surface area (Å²) in [5, 5.41) is 11.3. The number of fused-ring (bicyclic) bond motifs is 1. The molecule has 10 heteroatoms. The molecule has 1 fully saturated rings. The lowest BCUT2D eigenvalue weighted by Gasteiger charge is -2.19. The predicted molar refractivity (Wildman–Crippen MR) is 133 cm³/mol. The molecule has 9 nitrogen and oxygen atoms in total. The molecule has 180 valence electrons. The Kier molecular flexibility index (Phi) is 6.74. The van der Waals surface area contributed by atoms with Gasteiger partial charge in [-0.1, -0.05) is 30.3 Å². The Hall–Kier alpha value is -3.92. The number of benzene rings is 2. The maximum Gasteiger partial charge on any atom is 0.329 e. The summed E-state index contributed by atoms with van der Waals surface area (Å²) in [7, 11) is 0. The zero-order valence-corrected chi connectivity index (χ0v) is 20.2. The van der Waals surface area contributed by atoms with Crippen LogP contribution in [0.25, 0.3) is 17.0 Å². The largest absolute Gasteiger partial charge is 0.464 e. The molecule has 1 aromatic heterocycles. The van der Waals surface area contributed by atoms with E-state index in [0.717, 1.165) is 44.4 Å². The van der Waals surface area contributed by atoms with Gasteiger partial charge in [0.25, 0.3) is 16.8 Å². The monoisotopic (exact) mass is 493 g/mol. The van der Waals surface area contributed by atoms with Crippen LogP contribution in [-0.2, 0) is 20.9 Å². The van der Waals surface area contributed by atoms with Crippen LogP contribution < -0.4 is 0 Å². The average Bonchev–Trinajstić information content (AvgIpc) is 3.26. The molecule has 0 aliphatic carbocycles. The lowest BCUT2D eigenvalue weighted by molar-refractivity contribution is -0.384. The summed E-state index contributed by atoms with van der Waals surface area (Å²) in [6, 6.07) is 13.1. The Balaban J connectivity index is 1.71. The minimum Gasteiger partial charge on any atom is -0.464 e. The Bertz CT molecular complexity index is 1380. The van der Waals surface area contributed by atoms with Gasteiger partial charge in [-0.25, -0.2) is 4.79 Å². The molecule has 0 radical (unpaired) electrons. The van der Waals surface area contributed by atoms with E-state index in [2.05, 4.69) is 4.57 Å². The van der Waals surface area contributed by atoms with Crippen molar-refractivity contribution in [2.75, 3.05) is 6.61 Å². The zero-order valence-electron chi connectivity index (χ0n) is 19.4. The number of thioether (sulfide) groups is 1. The Morgan fingerprint density at radius 2 is 1.86 bits per heavy atom. The fourth-order valence-corrected chi connectivity index (χ4v) is 4.95. The third-order valence-corrected chi connectivity index (χ3v) is 6.77. The van der Waals surface area contributed by atoms with Crippen molar-refractivity contribution in [3.8, 4) is 0 Å². The first kappa shape index (κ1) is 24.2. The number of nitrogens with zero attached hydrogens (tertiary/aromatic N) is 3. The van der Waals surface area contributed by atoms with Crippen LogP contribution in [0.2, 0.25) is 0 Å². The van der Waals surface area contributed by atoms with Crippen LogP contribution in [0.15, 0.2) is 53.4 Å². The molecule has 1 aliphatic heterocycles. The summed E-state index contributed by atoms with van der Waals surface area (Å²) in [5.41, 5.74) is 3.49. The number of aromatic nitrogens is 1. The molecule has 0 saturated carbocycles. The van der Waals surface area contributed by atoms with E-state index in [4.69, 9.17) is 4.74 Å². The van der Waals surface area contributed by atoms with Crippen LogP contribution in [-0.4, -0.2) is 44.2 Å². The Labute approximate surface area is 205 Å². The predicted octanol–water partition coefficient (Wildman–Crippen LogP) is 4.89. The summed E-state index contributed by atoms with van der Waals surface area (Å²) in [4.78, 5) is 49.4. The van der Waals surface area contributed by atoms with Crippen LogP contribution in [0.4, 0.5) is 10.5 Å². The SMILES string of the molecule is CCOC(=O)[C@@H](C)N1C(=O)S/C(=C/c2c(C)n(Cc3ccc([N+](=O)[O-])cc3)c3ccccc23)C1=O. The molecule has 3 aromatic rings. The van der Waals surface area contributed by atoms with E-state index in [1.54, 1.807) is 25.1 Å². The molecular formula is C25H23N3O6S. The number of ether oxygens (including phenoxy) is 1. The van der Waals surface area contributed by atoms with Gasteiger partial charge in [0.1, 0.15) is 6.04 Å². The maximum absolute atomic E-state index is 13.0. The van der Waals surface area contributed by atoms with Gasteiger partial charge in [0.2, 0.25) is 0 Å². The number of para-hydroxylation sites is 1. The van der Waals surface area contributed by atoms with Crippen molar-refractivity contribution in [3.63, 3.8) is 0 Å². The molecule has 0 bridgehead atoms. The standard InChI is InChI=1S/C25H23N3O6S/c1-4-34-24(30)16(3)27-23(29)22(35-25(27)31)13-20-15(2)26(21-8-6-5-7-19(20)21)14-17-9-11-18(12-10-17)28(32)33/h5-13,16H,4,14H2,1-3H3/b22-13+/t16-/m1/s1. The quantitative estimate of drug-likeness (QED) is 0.199. The molecule has 2 aromatic carbocycles. The van der Waals surface area contributed by atoms with Gasteiger partial charge in [-0.15, -0.1) is 0 Å². The molecule has 1 atom stereocenters. The highest BCUT2D eigenvalue weighted by molar-refractivity contribution is 8.18. The van der Waals surface area contributed by atoms with Crippen LogP contribution >= 0.6 is 11.8 Å². The highest BCUT2D eigenvalue weighted by Crippen LogP contribution is 2.37. The Morgan fingerprint density at radius 1 is 1.17 bits per heavy atom. The number of nitro benzene ring substituents is 1. The molecule has 35 heavy (non-hydrogen) atoms. The number of non-ortho nitro benzene ring substituents is 1. The molecule has 1 saturated heterocycles. The second kappa shape index (κ2) is 9.75. The van der Waals surface area contributed by atoms with E-state index in [0.29, 0.717) is 6.54 Å². The van der Waals surface area contributed by atoms with Gasteiger partial charge in [0.05, 0.1) is 16.4 Å². The summed E-state index contributed by atoms with van der Waals surface area (Å²) in [6.45, 7) is 5.68.